The van der Waals surface area contributed by atoms with Gasteiger partial charge in [-0.2, -0.15) is 5.10 Å². The number of aryl methyl sites for hydroxylation is 2. The van der Waals surface area contributed by atoms with Crippen molar-refractivity contribution in [1.29, 1.82) is 0 Å². The predicted octanol–water partition coefficient (Wildman–Crippen LogP) is 4.40. The minimum Gasteiger partial charge on any atom is -0.319 e. The topological polar surface area (TPSA) is 59.3 Å². The van der Waals surface area contributed by atoms with Gasteiger partial charge in [-0.1, -0.05) is 35.9 Å². The number of rotatable bonds is 3. The molecule has 2 heterocycles. The van der Waals surface area contributed by atoms with Crippen LogP contribution in [0.2, 0.25) is 0 Å². The van der Waals surface area contributed by atoms with Crippen molar-refractivity contribution >= 4 is 17.2 Å². The molecule has 5 nitrogen and oxygen atoms in total. The summed E-state index contributed by atoms with van der Waals surface area (Å²) in [6, 6.07) is 14.4. The van der Waals surface area contributed by atoms with Crippen molar-refractivity contribution < 1.29 is 9.18 Å². The number of carbonyl (C=O) groups is 1. The molecule has 0 spiro atoms. The summed E-state index contributed by atoms with van der Waals surface area (Å²) in [5.41, 5.74) is 4.63. The van der Waals surface area contributed by atoms with Crippen molar-refractivity contribution in [3.63, 3.8) is 0 Å². The lowest BCUT2D eigenvalue weighted by Crippen LogP contribution is -2.13. The van der Waals surface area contributed by atoms with Gasteiger partial charge in [0.1, 0.15) is 11.4 Å². The van der Waals surface area contributed by atoms with E-state index in [2.05, 4.69) is 15.4 Å². The van der Waals surface area contributed by atoms with Crippen molar-refractivity contribution in [2.45, 2.75) is 13.8 Å². The molecule has 0 aliphatic heterocycles. The highest BCUT2D eigenvalue weighted by Gasteiger charge is 2.17. The fourth-order valence-corrected chi connectivity index (χ4v) is 2.92. The number of carbonyl (C=O) groups excluding carboxylic acids is 1. The molecule has 0 radical (unpaired) electrons. The van der Waals surface area contributed by atoms with Crippen molar-refractivity contribution in [1.82, 2.24) is 14.6 Å². The molecule has 4 rings (SSSR count). The van der Waals surface area contributed by atoms with Gasteiger partial charge in [-0.05, 0) is 37.6 Å². The normalized spacial score (nSPS) is 10.9. The predicted molar refractivity (Wildman–Crippen MR) is 102 cm³/mol. The lowest BCUT2D eigenvalue weighted by Gasteiger charge is -2.07. The first-order valence-corrected chi connectivity index (χ1v) is 8.50. The molecular weight excluding hydrogens is 343 g/mol. The summed E-state index contributed by atoms with van der Waals surface area (Å²) >= 11 is 0. The van der Waals surface area contributed by atoms with Crippen LogP contribution in [-0.4, -0.2) is 20.5 Å². The lowest BCUT2D eigenvalue weighted by atomic mass is 10.1. The number of fused-ring (bicyclic) bond motifs is 1. The maximum Gasteiger partial charge on any atom is 0.261 e. The Labute approximate surface area is 155 Å². The number of anilines is 1. The molecule has 0 saturated heterocycles. The SMILES string of the molecule is Cc1ccc(-c2ccnc3c(C(=O)Nc4cc(C)ccc4F)cnn23)cc1. The maximum atomic E-state index is 14.0. The van der Waals surface area contributed by atoms with Crippen molar-refractivity contribution in [2.24, 2.45) is 0 Å². The Morgan fingerprint density at radius 2 is 1.78 bits per heavy atom. The molecule has 2 aromatic carbocycles. The molecule has 1 amide bonds. The first-order chi connectivity index (χ1) is 13.0. The molecule has 0 bridgehead atoms. The molecule has 0 aliphatic rings. The van der Waals surface area contributed by atoms with Crippen LogP contribution in [-0.2, 0) is 0 Å². The largest absolute Gasteiger partial charge is 0.319 e. The van der Waals surface area contributed by atoms with Crippen LogP contribution in [0.3, 0.4) is 0 Å². The van der Waals surface area contributed by atoms with E-state index in [4.69, 9.17) is 0 Å². The molecule has 0 aliphatic carbocycles. The smallest absolute Gasteiger partial charge is 0.261 e. The molecule has 0 atom stereocenters. The van der Waals surface area contributed by atoms with Gasteiger partial charge in [0.2, 0.25) is 0 Å². The highest BCUT2D eigenvalue weighted by molar-refractivity contribution is 6.08. The molecule has 4 aromatic rings. The standard InChI is InChI=1S/C21H17FN4O/c1-13-3-6-15(7-4-13)19-9-10-23-20-16(12-24-26(19)20)21(27)25-18-11-14(2)5-8-17(18)22/h3-12H,1-2H3,(H,25,27). The summed E-state index contributed by atoms with van der Waals surface area (Å²) in [4.78, 5) is 17.0. The van der Waals surface area contributed by atoms with E-state index in [1.54, 1.807) is 22.8 Å². The van der Waals surface area contributed by atoms with Crippen LogP contribution in [0.1, 0.15) is 21.5 Å². The second kappa shape index (κ2) is 6.64. The zero-order chi connectivity index (χ0) is 19.0. The summed E-state index contributed by atoms with van der Waals surface area (Å²) < 4.78 is 15.6. The van der Waals surface area contributed by atoms with E-state index in [1.165, 1.54) is 12.3 Å². The van der Waals surface area contributed by atoms with Gasteiger partial charge >= 0.3 is 0 Å². The third-order valence-corrected chi connectivity index (χ3v) is 4.36. The molecule has 6 heteroatoms. The first-order valence-electron chi connectivity index (χ1n) is 8.50. The molecule has 1 N–H and O–H groups in total. The summed E-state index contributed by atoms with van der Waals surface area (Å²) in [7, 11) is 0. The molecule has 2 aromatic heterocycles. The number of amides is 1. The van der Waals surface area contributed by atoms with Crippen molar-refractivity contribution in [3.05, 3.63) is 83.4 Å². The number of nitrogens with one attached hydrogen (secondary N) is 1. The van der Waals surface area contributed by atoms with Gasteiger partial charge in [0, 0.05) is 11.8 Å². The van der Waals surface area contributed by atoms with Crippen LogP contribution in [0.4, 0.5) is 10.1 Å². The van der Waals surface area contributed by atoms with E-state index in [-0.39, 0.29) is 11.3 Å². The van der Waals surface area contributed by atoms with Gasteiger partial charge in [-0.25, -0.2) is 13.9 Å². The Bertz CT molecular complexity index is 1150. The number of hydrogen-bond donors (Lipinski definition) is 1. The van der Waals surface area contributed by atoms with E-state index >= 15 is 0 Å². The Hall–Kier alpha value is -3.54. The molecule has 0 saturated carbocycles. The minimum atomic E-state index is -0.487. The van der Waals surface area contributed by atoms with E-state index in [9.17, 15) is 9.18 Å². The van der Waals surface area contributed by atoms with Gasteiger partial charge in [-0.15, -0.1) is 0 Å². The average Bonchev–Trinajstić information content (AvgIpc) is 3.10. The number of nitrogens with zero attached hydrogens (tertiary/aromatic N) is 3. The van der Waals surface area contributed by atoms with Crippen LogP contribution >= 0.6 is 0 Å². The molecular formula is C21H17FN4O. The number of aromatic nitrogens is 3. The van der Waals surface area contributed by atoms with Gasteiger partial charge in [-0.3, -0.25) is 4.79 Å². The second-order valence-electron chi connectivity index (χ2n) is 6.43. The first kappa shape index (κ1) is 16.9. The zero-order valence-electron chi connectivity index (χ0n) is 14.9. The molecule has 0 unspecified atom stereocenters. The average molecular weight is 360 g/mol. The quantitative estimate of drug-likeness (QED) is 0.589. The van der Waals surface area contributed by atoms with Crippen LogP contribution < -0.4 is 5.32 Å². The Morgan fingerprint density at radius 3 is 2.56 bits per heavy atom. The fraction of sp³-hybridized carbons (Fsp3) is 0.0952. The van der Waals surface area contributed by atoms with Crippen LogP contribution in [0.25, 0.3) is 16.9 Å². The number of halogens is 1. The fourth-order valence-electron chi connectivity index (χ4n) is 2.92. The van der Waals surface area contributed by atoms with Gasteiger partial charge in [0.25, 0.3) is 5.91 Å². The van der Waals surface area contributed by atoms with E-state index in [0.29, 0.717) is 5.65 Å². The van der Waals surface area contributed by atoms with E-state index < -0.39 is 11.7 Å². The lowest BCUT2D eigenvalue weighted by molar-refractivity contribution is 0.102. The molecule has 134 valence electrons. The van der Waals surface area contributed by atoms with Crippen LogP contribution in [0, 0.1) is 19.7 Å². The van der Waals surface area contributed by atoms with Crippen molar-refractivity contribution in [3.8, 4) is 11.3 Å². The number of benzene rings is 2. The van der Waals surface area contributed by atoms with Crippen molar-refractivity contribution in [2.75, 3.05) is 5.32 Å². The summed E-state index contributed by atoms with van der Waals surface area (Å²) in [6.07, 6.45) is 3.08. The summed E-state index contributed by atoms with van der Waals surface area (Å²) in [5, 5.41) is 6.92. The Kier molecular flexibility index (Phi) is 4.16. The Balaban J connectivity index is 1.73. The zero-order valence-corrected chi connectivity index (χ0v) is 14.9. The molecule has 27 heavy (non-hydrogen) atoms. The van der Waals surface area contributed by atoms with Crippen LogP contribution in [0.15, 0.2) is 60.9 Å². The summed E-state index contributed by atoms with van der Waals surface area (Å²) in [5.74, 6) is -0.943. The highest BCUT2D eigenvalue weighted by atomic mass is 19.1. The van der Waals surface area contributed by atoms with E-state index in [1.807, 2.05) is 44.2 Å². The van der Waals surface area contributed by atoms with Gasteiger partial charge in [0.05, 0.1) is 17.6 Å². The maximum absolute atomic E-state index is 14.0. The third kappa shape index (κ3) is 3.17. The number of hydrogen-bond acceptors (Lipinski definition) is 3. The minimum absolute atomic E-state index is 0.133. The van der Waals surface area contributed by atoms with Gasteiger partial charge in [0.15, 0.2) is 5.65 Å². The Morgan fingerprint density at radius 1 is 1.04 bits per heavy atom. The summed E-state index contributed by atoms with van der Waals surface area (Å²) in [6.45, 7) is 3.85. The third-order valence-electron chi connectivity index (χ3n) is 4.36. The van der Waals surface area contributed by atoms with Gasteiger partial charge < -0.3 is 5.32 Å². The monoisotopic (exact) mass is 360 g/mol. The molecule has 0 fully saturated rings. The van der Waals surface area contributed by atoms with Crippen LogP contribution in [0.5, 0.6) is 0 Å². The second-order valence-corrected chi connectivity index (χ2v) is 6.43. The highest BCUT2D eigenvalue weighted by Crippen LogP contribution is 2.22. The van der Waals surface area contributed by atoms with E-state index in [0.717, 1.165) is 22.4 Å².